The number of hydrogen-bond acceptors (Lipinski definition) is 8. The number of aryl methyl sites for hydroxylation is 2. The van der Waals surface area contributed by atoms with E-state index in [1.54, 1.807) is 13.3 Å². The first-order valence-electron chi connectivity index (χ1n) is 13.6. The average molecular weight is 540 g/mol. The molecule has 0 atom stereocenters. The summed E-state index contributed by atoms with van der Waals surface area (Å²) in [7, 11) is 1.66. The lowest BCUT2D eigenvalue weighted by molar-refractivity contribution is 0.102. The van der Waals surface area contributed by atoms with Crippen LogP contribution in [0.1, 0.15) is 35.6 Å². The van der Waals surface area contributed by atoms with Gasteiger partial charge in [-0.1, -0.05) is 13.8 Å². The third-order valence-corrected chi connectivity index (χ3v) is 7.37. The van der Waals surface area contributed by atoms with Crippen LogP contribution in [0.2, 0.25) is 0 Å². The summed E-state index contributed by atoms with van der Waals surface area (Å²) in [5.74, 6) is 0.968. The Hall–Kier alpha value is -4.64. The van der Waals surface area contributed by atoms with E-state index < -0.39 is 0 Å². The molecule has 0 unspecified atom stereocenters. The molecule has 6 rings (SSSR count). The number of pyridine rings is 1. The van der Waals surface area contributed by atoms with Gasteiger partial charge in [0.1, 0.15) is 11.4 Å². The number of hydrogen-bond donors (Lipinski definition) is 4. The van der Waals surface area contributed by atoms with Crippen LogP contribution in [0.4, 0.5) is 23.0 Å². The van der Waals surface area contributed by atoms with Crippen LogP contribution in [-0.4, -0.2) is 63.8 Å². The molecule has 5 aromatic rings. The summed E-state index contributed by atoms with van der Waals surface area (Å²) >= 11 is 0. The van der Waals surface area contributed by atoms with Crippen molar-refractivity contribution in [3.05, 3.63) is 65.7 Å². The van der Waals surface area contributed by atoms with Crippen LogP contribution in [0.5, 0.6) is 5.75 Å². The summed E-state index contributed by atoms with van der Waals surface area (Å²) in [6.45, 7) is 7.90. The molecule has 5 heterocycles. The maximum absolute atomic E-state index is 13.3. The number of ether oxygens (including phenoxy) is 1. The SMILES string of the molecule is CCc1n[nH]c(CC)c1NC(=O)c1ccn2c1ccc1cnc(Nc3ccc(N4CCNCC4)cc3OC)nc12. The quantitative estimate of drug-likeness (QED) is 0.232. The number of carbonyl (C=O) groups excluding carboxylic acids is 1. The molecular weight excluding hydrogens is 506 g/mol. The van der Waals surface area contributed by atoms with Crippen LogP contribution in [0, 0.1) is 0 Å². The normalized spacial score (nSPS) is 13.6. The van der Waals surface area contributed by atoms with Gasteiger partial charge in [-0.3, -0.25) is 9.89 Å². The second-order valence-corrected chi connectivity index (χ2v) is 9.72. The molecule has 4 N–H and O–H groups in total. The number of H-pyrrole nitrogens is 1. The fourth-order valence-electron chi connectivity index (χ4n) is 5.20. The summed E-state index contributed by atoms with van der Waals surface area (Å²) in [5, 5.41) is 18.0. The lowest BCUT2D eigenvalue weighted by atomic mass is 10.2. The topological polar surface area (TPSA) is 124 Å². The highest BCUT2D eigenvalue weighted by Gasteiger charge is 2.19. The molecule has 11 nitrogen and oxygen atoms in total. The Morgan fingerprint density at radius 2 is 1.95 bits per heavy atom. The molecule has 1 aliphatic rings. The lowest BCUT2D eigenvalue weighted by Crippen LogP contribution is -2.43. The van der Waals surface area contributed by atoms with E-state index in [2.05, 4.69) is 42.1 Å². The third-order valence-electron chi connectivity index (χ3n) is 7.37. The van der Waals surface area contributed by atoms with Crippen molar-refractivity contribution in [2.75, 3.05) is 48.8 Å². The van der Waals surface area contributed by atoms with Crippen molar-refractivity contribution in [3.8, 4) is 5.75 Å². The molecule has 1 aromatic carbocycles. The largest absolute Gasteiger partial charge is 0.494 e. The maximum Gasteiger partial charge on any atom is 0.257 e. The highest BCUT2D eigenvalue weighted by molar-refractivity contribution is 6.10. The van der Waals surface area contributed by atoms with Gasteiger partial charge in [0.05, 0.1) is 41.0 Å². The van der Waals surface area contributed by atoms with Crippen LogP contribution in [0.25, 0.3) is 16.6 Å². The Bertz CT molecular complexity index is 1660. The zero-order valence-corrected chi connectivity index (χ0v) is 22.9. The summed E-state index contributed by atoms with van der Waals surface area (Å²) in [6, 6.07) is 11.8. The standard InChI is InChI=1S/C29H33N9O2/c1-4-21-26(22(5-2)36-35-21)33-28(39)20-10-13-38-24(20)9-6-18-17-31-29(34-27(18)38)32-23-8-7-19(16-25(23)40-3)37-14-11-30-12-15-37/h6-10,13,16-17,30H,4-5,11-12,14-15H2,1-3H3,(H,33,39)(H,35,36)(H,31,32,34). The number of amides is 1. The number of rotatable bonds is 8. The molecule has 1 amide bonds. The monoisotopic (exact) mass is 539 g/mol. The lowest BCUT2D eigenvalue weighted by Gasteiger charge is -2.30. The van der Waals surface area contributed by atoms with Gasteiger partial charge in [-0.15, -0.1) is 0 Å². The van der Waals surface area contributed by atoms with Crippen LogP contribution in [-0.2, 0) is 12.8 Å². The molecule has 0 radical (unpaired) electrons. The van der Waals surface area contributed by atoms with E-state index >= 15 is 0 Å². The maximum atomic E-state index is 13.3. The van der Waals surface area contributed by atoms with Crippen molar-refractivity contribution in [1.82, 2.24) is 29.9 Å². The van der Waals surface area contributed by atoms with Crippen molar-refractivity contribution in [2.45, 2.75) is 26.7 Å². The Morgan fingerprint density at radius 1 is 1.10 bits per heavy atom. The summed E-state index contributed by atoms with van der Waals surface area (Å²) in [6.07, 6.45) is 5.11. The predicted molar refractivity (Wildman–Crippen MR) is 157 cm³/mol. The first-order chi connectivity index (χ1) is 19.6. The number of fused-ring (bicyclic) bond motifs is 3. The molecule has 1 saturated heterocycles. The van der Waals surface area contributed by atoms with Crippen LogP contribution in [0.15, 0.2) is 48.8 Å². The molecule has 4 aromatic heterocycles. The molecule has 40 heavy (non-hydrogen) atoms. The summed E-state index contributed by atoms with van der Waals surface area (Å²) in [4.78, 5) is 25.0. The third kappa shape index (κ3) is 4.68. The minimum absolute atomic E-state index is 0.186. The minimum atomic E-state index is -0.186. The fourth-order valence-corrected chi connectivity index (χ4v) is 5.20. The molecule has 206 valence electrons. The molecule has 0 bridgehead atoms. The number of nitrogens with zero attached hydrogens (tertiary/aromatic N) is 5. The molecule has 0 spiro atoms. The van der Waals surface area contributed by atoms with Crippen molar-refractivity contribution in [2.24, 2.45) is 0 Å². The molecule has 1 fully saturated rings. The first-order valence-corrected chi connectivity index (χ1v) is 13.6. The van der Waals surface area contributed by atoms with Gasteiger partial charge in [-0.25, -0.2) is 4.98 Å². The highest BCUT2D eigenvalue weighted by Crippen LogP contribution is 2.32. The van der Waals surface area contributed by atoms with Gasteiger partial charge < -0.3 is 30.0 Å². The van der Waals surface area contributed by atoms with Crippen LogP contribution < -0.4 is 25.6 Å². The molecule has 0 saturated carbocycles. The van der Waals surface area contributed by atoms with E-state index in [0.29, 0.717) is 17.2 Å². The van der Waals surface area contributed by atoms with E-state index in [1.165, 1.54) is 0 Å². The smallest absolute Gasteiger partial charge is 0.257 e. The second-order valence-electron chi connectivity index (χ2n) is 9.72. The Kier molecular flexibility index (Phi) is 6.95. The van der Waals surface area contributed by atoms with Gasteiger partial charge in [-0.2, -0.15) is 10.1 Å². The number of anilines is 4. The number of piperazine rings is 1. The van der Waals surface area contributed by atoms with E-state index in [1.807, 2.05) is 54.8 Å². The van der Waals surface area contributed by atoms with Gasteiger partial charge >= 0.3 is 0 Å². The molecule has 0 aliphatic carbocycles. The van der Waals surface area contributed by atoms with Crippen LogP contribution >= 0.6 is 0 Å². The van der Waals surface area contributed by atoms with E-state index in [9.17, 15) is 4.79 Å². The van der Waals surface area contributed by atoms with E-state index in [-0.39, 0.29) is 5.91 Å². The van der Waals surface area contributed by atoms with Gasteiger partial charge in [0.2, 0.25) is 5.95 Å². The minimum Gasteiger partial charge on any atom is -0.494 e. The zero-order chi connectivity index (χ0) is 27.6. The van der Waals surface area contributed by atoms with E-state index in [0.717, 1.165) is 84.1 Å². The number of methoxy groups -OCH3 is 1. The number of aromatic amines is 1. The van der Waals surface area contributed by atoms with Gasteiger partial charge in [0.15, 0.2) is 0 Å². The Morgan fingerprint density at radius 3 is 2.73 bits per heavy atom. The van der Waals surface area contributed by atoms with Crippen molar-refractivity contribution in [1.29, 1.82) is 0 Å². The van der Waals surface area contributed by atoms with E-state index in [4.69, 9.17) is 9.72 Å². The summed E-state index contributed by atoms with van der Waals surface area (Å²) < 4.78 is 7.61. The van der Waals surface area contributed by atoms with Gasteiger partial charge in [0, 0.05) is 55.7 Å². The van der Waals surface area contributed by atoms with Crippen molar-refractivity contribution < 1.29 is 9.53 Å². The van der Waals surface area contributed by atoms with Crippen LogP contribution in [0.3, 0.4) is 0 Å². The van der Waals surface area contributed by atoms with Crippen molar-refractivity contribution >= 4 is 45.5 Å². The summed E-state index contributed by atoms with van der Waals surface area (Å²) in [5.41, 5.74) is 6.43. The highest BCUT2D eigenvalue weighted by atomic mass is 16.5. The first kappa shape index (κ1) is 25.6. The number of aromatic nitrogens is 5. The predicted octanol–water partition coefficient (Wildman–Crippen LogP) is 4.14. The number of carbonyl (C=O) groups is 1. The molecule has 1 aliphatic heterocycles. The van der Waals surface area contributed by atoms with Crippen molar-refractivity contribution in [3.63, 3.8) is 0 Å². The molecular formula is C29H33N9O2. The van der Waals surface area contributed by atoms with Gasteiger partial charge in [-0.05, 0) is 43.2 Å². The van der Waals surface area contributed by atoms with Gasteiger partial charge in [0.25, 0.3) is 5.91 Å². The fraction of sp³-hybridized carbons (Fsp3) is 0.310. The Balaban J connectivity index is 1.29. The Labute approximate surface area is 232 Å². The molecule has 11 heteroatoms. The number of benzene rings is 1. The zero-order valence-electron chi connectivity index (χ0n) is 22.9. The average Bonchev–Trinajstić information content (AvgIpc) is 3.61. The second kappa shape index (κ2) is 10.9. The number of nitrogens with one attached hydrogen (secondary N) is 4.